The van der Waals surface area contributed by atoms with Crippen molar-refractivity contribution in [2.45, 2.75) is 19.8 Å². The Hall–Kier alpha value is -1.82. The van der Waals surface area contributed by atoms with E-state index in [2.05, 4.69) is 21.7 Å². The summed E-state index contributed by atoms with van der Waals surface area (Å²) in [6.07, 6.45) is 5.56. The van der Waals surface area contributed by atoms with E-state index in [1.54, 1.807) is 6.92 Å². The third-order valence-electron chi connectivity index (χ3n) is 2.87. The predicted molar refractivity (Wildman–Crippen MR) is 71.1 cm³/mol. The van der Waals surface area contributed by atoms with E-state index in [9.17, 15) is 4.79 Å². The average molecular weight is 265 g/mol. The van der Waals surface area contributed by atoms with Gasteiger partial charge in [-0.2, -0.15) is 4.98 Å². The van der Waals surface area contributed by atoms with Crippen molar-refractivity contribution in [1.29, 1.82) is 0 Å². The minimum Gasteiger partial charge on any atom is -0.461 e. The number of anilines is 1. The molecule has 0 unspecified atom stereocenters. The fraction of sp³-hybridized carbons (Fsp3) is 0.538. The largest absolute Gasteiger partial charge is 0.461 e. The van der Waals surface area contributed by atoms with Crippen molar-refractivity contribution in [3.63, 3.8) is 0 Å². The SMILES string of the molecule is CCOC(=O)c1coc(NCCC2=CCNCC2)n1. The van der Waals surface area contributed by atoms with Gasteiger partial charge in [0.1, 0.15) is 6.26 Å². The Kier molecular flexibility index (Phi) is 4.97. The van der Waals surface area contributed by atoms with Gasteiger partial charge in [-0.25, -0.2) is 4.79 Å². The molecule has 0 atom stereocenters. The molecule has 0 spiro atoms. The highest BCUT2D eigenvalue weighted by molar-refractivity contribution is 5.87. The van der Waals surface area contributed by atoms with E-state index in [0.29, 0.717) is 12.6 Å². The summed E-state index contributed by atoms with van der Waals surface area (Å²) >= 11 is 0. The molecule has 2 heterocycles. The van der Waals surface area contributed by atoms with Gasteiger partial charge in [-0.15, -0.1) is 0 Å². The maximum absolute atomic E-state index is 11.4. The number of nitrogens with one attached hydrogen (secondary N) is 2. The smallest absolute Gasteiger partial charge is 0.360 e. The molecule has 0 aromatic carbocycles. The first-order valence-electron chi connectivity index (χ1n) is 6.54. The topological polar surface area (TPSA) is 76.4 Å². The van der Waals surface area contributed by atoms with Crippen LogP contribution in [-0.4, -0.2) is 37.2 Å². The number of hydrogen-bond donors (Lipinski definition) is 2. The van der Waals surface area contributed by atoms with E-state index in [4.69, 9.17) is 9.15 Å². The highest BCUT2D eigenvalue weighted by Gasteiger charge is 2.12. The predicted octanol–water partition coefficient (Wildman–Crippen LogP) is 1.57. The summed E-state index contributed by atoms with van der Waals surface area (Å²) in [6.45, 7) is 4.81. The maximum Gasteiger partial charge on any atom is 0.360 e. The zero-order chi connectivity index (χ0) is 13.5. The molecule has 0 saturated heterocycles. The fourth-order valence-electron chi connectivity index (χ4n) is 1.88. The lowest BCUT2D eigenvalue weighted by atomic mass is 10.1. The molecular formula is C13H19N3O3. The number of rotatable bonds is 6. The van der Waals surface area contributed by atoms with E-state index in [1.165, 1.54) is 11.8 Å². The summed E-state index contributed by atoms with van der Waals surface area (Å²) in [5.41, 5.74) is 1.63. The van der Waals surface area contributed by atoms with Gasteiger partial charge in [0.15, 0.2) is 5.69 Å². The Morgan fingerprint density at radius 1 is 1.63 bits per heavy atom. The number of hydrogen-bond acceptors (Lipinski definition) is 6. The lowest BCUT2D eigenvalue weighted by Crippen LogP contribution is -2.21. The standard InChI is InChI=1S/C13H19N3O3/c1-2-18-12(17)11-9-19-13(16-11)15-8-5-10-3-6-14-7-4-10/h3,9,14H,2,4-8H2,1H3,(H,15,16). The summed E-state index contributed by atoms with van der Waals surface area (Å²) in [7, 11) is 0. The van der Waals surface area contributed by atoms with Gasteiger partial charge in [0, 0.05) is 13.1 Å². The van der Waals surface area contributed by atoms with Crippen LogP contribution in [0.5, 0.6) is 0 Å². The van der Waals surface area contributed by atoms with Crippen molar-refractivity contribution in [1.82, 2.24) is 10.3 Å². The zero-order valence-corrected chi connectivity index (χ0v) is 11.1. The molecule has 0 bridgehead atoms. The molecule has 0 amide bonds. The van der Waals surface area contributed by atoms with Gasteiger partial charge >= 0.3 is 5.97 Å². The van der Waals surface area contributed by atoms with Gasteiger partial charge in [-0.1, -0.05) is 11.6 Å². The molecule has 6 heteroatoms. The zero-order valence-electron chi connectivity index (χ0n) is 11.1. The Labute approximate surface area is 112 Å². The van der Waals surface area contributed by atoms with Crippen molar-refractivity contribution in [2.75, 3.05) is 31.6 Å². The van der Waals surface area contributed by atoms with Crippen LogP contribution in [0.1, 0.15) is 30.3 Å². The van der Waals surface area contributed by atoms with E-state index >= 15 is 0 Å². The van der Waals surface area contributed by atoms with Crippen LogP contribution in [0.15, 0.2) is 22.3 Å². The Morgan fingerprint density at radius 2 is 2.53 bits per heavy atom. The van der Waals surface area contributed by atoms with Crippen molar-refractivity contribution in [3.05, 3.63) is 23.6 Å². The Balaban J connectivity index is 1.77. The number of carbonyl (C=O) groups excluding carboxylic acids is 1. The molecule has 0 radical (unpaired) electrons. The molecular weight excluding hydrogens is 246 g/mol. The van der Waals surface area contributed by atoms with Gasteiger partial charge in [0.2, 0.25) is 0 Å². The Bertz CT molecular complexity index is 454. The summed E-state index contributed by atoms with van der Waals surface area (Å²) in [4.78, 5) is 15.4. The molecule has 104 valence electrons. The van der Waals surface area contributed by atoms with Crippen molar-refractivity contribution in [3.8, 4) is 0 Å². The van der Waals surface area contributed by atoms with Crippen LogP contribution in [0, 0.1) is 0 Å². The van der Waals surface area contributed by atoms with Gasteiger partial charge in [0.05, 0.1) is 6.61 Å². The highest BCUT2D eigenvalue weighted by Crippen LogP contribution is 2.12. The van der Waals surface area contributed by atoms with E-state index in [0.717, 1.165) is 32.5 Å². The second-order valence-electron chi connectivity index (χ2n) is 4.25. The van der Waals surface area contributed by atoms with Crippen LogP contribution in [-0.2, 0) is 4.74 Å². The molecule has 1 aromatic heterocycles. The Morgan fingerprint density at radius 3 is 3.26 bits per heavy atom. The second kappa shape index (κ2) is 6.94. The molecule has 1 aliphatic heterocycles. The van der Waals surface area contributed by atoms with E-state index in [1.807, 2.05) is 0 Å². The molecule has 2 N–H and O–H groups in total. The van der Waals surface area contributed by atoms with Crippen LogP contribution >= 0.6 is 0 Å². The first kappa shape index (κ1) is 13.6. The molecule has 0 saturated carbocycles. The number of esters is 1. The molecule has 19 heavy (non-hydrogen) atoms. The summed E-state index contributed by atoms with van der Waals surface area (Å²) < 4.78 is 10.0. The number of nitrogens with zero attached hydrogens (tertiary/aromatic N) is 1. The summed E-state index contributed by atoms with van der Waals surface area (Å²) in [5.74, 6) is -0.458. The van der Waals surface area contributed by atoms with Gasteiger partial charge in [0.25, 0.3) is 6.01 Å². The summed E-state index contributed by atoms with van der Waals surface area (Å²) in [5, 5.41) is 6.33. The van der Waals surface area contributed by atoms with Crippen LogP contribution in [0.3, 0.4) is 0 Å². The van der Waals surface area contributed by atoms with Crippen LogP contribution < -0.4 is 10.6 Å². The quantitative estimate of drug-likeness (QED) is 0.600. The molecule has 0 aliphatic carbocycles. The van der Waals surface area contributed by atoms with Crippen LogP contribution in [0.4, 0.5) is 6.01 Å². The number of carbonyl (C=O) groups is 1. The first-order chi connectivity index (χ1) is 9.29. The van der Waals surface area contributed by atoms with Crippen molar-refractivity contribution in [2.24, 2.45) is 0 Å². The third kappa shape index (κ3) is 4.10. The second-order valence-corrected chi connectivity index (χ2v) is 4.25. The third-order valence-corrected chi connectivity index (χ3v) is 2.87. The van der Waals surface area contributed by atoms with Gasteiger partial charge in [-0.05, 0) is 26.3 Å². The monoisotopic (exact) mass is 265 g/mol. The minimum atomic E-state index is -0.458. The maximum atomic E-state index is 11.4. The fourth-order valence-corrected chi connectivity index (χ4v) is 1.88. The number of oxazole rings is 1. The highest BCUT2D eigenvalue weighted by atomic mass is 16.5. The van der Waals surface area contributed by atoms with Crippen molar-refractivity contribution < 1.29 is 13.9 Å². The lowest BCUT2D eigenvalue weighted by molar-refractivity contribution is 0.0519. The molecule has 1 aliphatic rings. The van der Waals surface area contributed by atoms with E-state index < -0.39 is 5.97 Å². The normalized spacial score (nSPS) is 14.9. The van der Waals surface area contributed by atoms with E-state index in [-0.39, 0.29) is 5.69 Å². The molecule has 0 fully saturated rings. The van der Waals surface area contributed by atoms with Crippen LogP contribution in [0.25, 0.3) is 0 Å². The molecule has 6 nitrogen and oxygen atoms in total. The molecule has 2 rings (SSSR count). The minimum absolute atomic E-state index is 0.199. The number of ether oxygens (including phenoxy) is 1. The van der Waals surface area contributed by atoms with Gasteiger partial charge in [-0.3, -0.25) is 0 Å². The average Bonchev–Trinajstić information content (AvgIpc) is 2.89. The number of aromatic nitrogens is 1. The van der Waals surface area contributed by atoms with Gasteiger partial charge < -0.3 is 19.8 Å². The molecule has 1 aromatic rings. The lowest BCUT2D eigenvalue weighted by Gasteiger charge is -2.13. The van der Waals surface area contributed by atoms with Crippen molar-refractivity contribution >= 4 is 12.0 Å². The summed E-state index contributed by atoms with van der Waals surface area (Å²) in [6, 6.07) is 0.359. The first-order valence-corrected chi connectivity index (χ1v) is 6.54. The van der Waals surface area contributed by atoms with Crippen LogP contribution in [0.2, 0.25) is 0 Å².